The van der Waals surface area contributed by atoms with Crippen LogP contribution in [0.2, 0.25) is 0 Å². The monoisotopic (exact) mass is 242 g/mol. The van der Waals surface area contributed by atoms with Gasteiger partial charge in [0.15, 0.2) is 0 Å². The fraction of sp³-hybridized carbons (Fsp3) is 0.867. The molecule has 0 aliphatic carbocycles. The molecule has 0 N–H and O–H groups in total. The summed E-state index contributed by atoms with van der Waals surface area (Å²) in [6.45, 7) is 10.8. The van der Waals surface area contributed by atoms with Crippen molar-refractivity contribution in [1.29, 1.82) is 0 Å². The lowest BCUT2D eigenvalue weighted by atomic mass is 10.1. The van der Waals surface area contributed by atoms with Crippen molar-refractivity contribution in [3.8, 4) is 0 Å². The Morgan fingerprint density at radius 1 is 1.00 bits per heavy atom. The third kappa shape index (κ3) is 11.9. The molecule has 0 bridgehead atoms. The van der Waals surface area contributed by atoms with Gasteiger partial charge < -0.3 is 9.47 Å². The van der Waals surface area contributed by atoms with Crippen LogP contribution < -0.4 is 0 Å². The Bertz CT molecular complexity index is 157. The molecule has 1 atom stereocenters. The van der Waals surface area contributed by atoms with Crippen LogP contribution in [0.25, 0.3) is 0 Å². The van der Waals surface area contributed by atoms with Crippen LogP contribution in [0.4, 0.5) is 0 Å². The molecule has 2 heteroatoms. The Morgan fingerprint density at radius 2 is 1.65 bits per heavy atom. The van der Waals surface area contributed by atoms with Crippen LogP contribution in [-0.2, 0) is 9.47 Å². The average Bonchev–Trinajstić information content (AvgIpc) is 2.34. The molecule has 0 aromatic rings. The number of hydrogen-bond donors (Lipinski definition) is 0. The molecule has 0 saturated carbocycles. The largest absolute Gasteiger partial charge is 0.381 e. The molecule has 0 aliphatic heterocycles. The molecule has 0 spiro atoms. The summed E-state index contributed by atoms with van der Waals surface area (Å²) in [5.41, 5.74) is 0. The van der Waals surface area contributed by atoms with Gasteiger partial charge in [0.05, 0.1) is 6.10 Å². The van der Waals surface area contributed by atoms with Gasteiger partial charge in [-0.15, -0.1) is 6.58 Å². The van der Waals surface area contributed by atoms with Crippen molar-refractivity contribution in [3.63, 3.8) is 0 Å². The predicted octanol–water partition coefficient (Wildman–Crippen LogP) is 4.34. The van der Waals surface area contributed by atoms with Gasteiger partial charge in [0.2, 0.25) is 0 Å². The van der Waals surface area contributed by atoms with Crippen molar-refractivity contribution in [2.75, 3.05) is 19.8 Å². The molecular weight excluding hydrogens is 212 g/mol. The Labute approximate surface area is 107 Å². The molecule has 0 fully saturated rings. The van der Waals surface area contributed by atoms with Gasteiger partial charge in [-0.3, -0.25) is 0 Å². The van der Waals surface area contributed by atoms with Gasteiger partial charge in [-0.2, -0.15) is 0 Å². The summed E-state index contributed by atoms with van der Waals surface area (Å²) in [6.07, 6.45) is 10.2. The summed E-state index contributed by atoms with van der Waals surface area (Å²) in [4.78, 5) is 0. The first-order valence-electron chi connectivity index (χ1n) is 7.15. The Hall–Kier alpha value is -0.340. The Balaban J connectivity index is 3.44. The zero-order valence-electron chi connectivity index (χ0n) is 11.7. The van der Waals surface area contributed by atoms with E-state index in [0.29, 0.717) is 6.10 Å². The second-order valence-electron chi connectivity index (χ2n) is 4.48. The molecular formula is C15H30O2. The summed E-state index contributed by atoms with van der Waals surface area (Å²) in [5.74, 6) is 0. The fourth-order valence-corrected chi connectivity index (χ4v) is 1.61. The number of rotatable bonds is 13. The van der Waals surface area contributed by atoms with Crippen molar-refractivity contribution in [2.45, 2.75) is 64.9 Å². The van der Waals surface area contributed by atoms with Crippen LogP contribution in [0.5, 0.6) is 0 Å². The zero-order chi connectivity index (χ0) is 12.8. The molecule has 0 amide bonds. The van der Waals surface area contributed by atoms with Crippen LogP contribution in [0.3, 0.4) is 0 Å². The third-order valence-electron chi connectivity index (χ3n) is 2.74. The summed E-state index contributed by atoms with van der Waals surface area (Å²) >= 11 is 0. The van der Waals surface area contributed by atoms with Crippen LogP contribution in [0.1, 0.15) is 58.8 Å². The van der Waals surface area contributed by atoms with Gasteiger partial charge in [0, 0.05) is 19.8 Å². The first kappa shape index (κ1) is 16.7. The fourth-order valence-electron chi connectivity index (χ4n) is 1.61. The first-order valence-corrected chi connectivity index (χ1v) is 7.15. The van der Waals surface area contributed by atoms with E-state index in [0.717, 1.165) is 45.5 Å². The highest BCUT2D eigenvalue weighted by Gasteiger charge is 2.06. The molecule has 17 heavy (non-hydrogen) atoms. The number of unbranched alkanes of at least 4 members (excludes halogenated alkanes) is 2. The Morgan fingerprint density at radius 3 is 2.29 bits per heavy atom. The van der Waals surface area contributed by atoms with E-state index in [9.17, 15) is 0 Å². The predicted molar refractivity (Wildman–Crippen MR) is 74.4 cm³/mol. The van der Waals surface area contributed by atoms with Crippen molar-refractivity contribution < 1.29 is 9.47 Å². The quantitative estimate of drug-likeness (QED) is 0.353. The van der Waals surface area contributed by atoms with Gasteiger partial charge >= 0.3 is 0 Å². The van der Waals surface area contributed by atoms with E-state index in [1.165, 1.54) is 19.3 Å². The maximum atomic E-state index is 5.82. The van der Waals surface area contributed by atoms with Gasteiger partial charge in [0.25, 0.3) is 0 Å². The van der Waals surface area contributed by atoms with E-state index in [1.54, 1.807) is 0 Å². The van der Waals surface area contributed by atoms with Crippen molar-refractivity contribution >= 4 is 0 Å². The standard InChI is InChI=1S/C15H30O2/c1-4-7-12-16-13-9-11-15(10-6-3)17-14-8-5-2/h6,15H,3-5,7-14H2,1-2H3. The van der Waals surface area contributed by atoms with E-state index in [4.69, 9.17) is 9.47 Å². The zero-order valence-corrected chi connectivity index (χ0v) is 11.7. The minimum atomic E-state index is 0.342. The molecule has 0 radical (unpaired) electrons. The summed E-state index contributed by atoms with van der Waals surface area (Å²) < 4.78 is 11.4. The molecule has 0 rings (SSSR count). The smallest absolute Gasteiger partial charge is 0.0610 e. The topological polar surface area (TPSA) is 18.5 Å². The highest BCUT2D eigenvalue weighted by Crippen LogP contribution is 2.09. The summed E-state index contributed by atoms with van der Waals surface area (Å²) in [6, 6.07) is 0. The minimum absolute atomic E-state index is 0.342. The molecule has 0 aromatic carbocycles. The van der Waals surface area contributed by atoms with Crippen LogP contribution in [-0.4, -0.2) is 25.9 Å². The van der Waals surface area contributed by atoms with Crippen molar-refractivity contribution in [1.82, 2.24) is 0 Å². The SMILES string of the molecule is C=CCC(CCCOCCCC)OCCCC. The molecule has 0 aromatic heterocycles. The van der Waals surface area contributed by atoms with Gasteiger partial charge in [-0.05, 0) is 32.1 Å². The highest BCUT2D eigenvalue weighted by atomic mass is 16.5. The normalized spacial score (nSPS) is 12.6. The summed E-state index contributed by atoms with van der Waals surface area (Å²) in [7, 11) is 0. The second kappa shape index (κ2) is 13.7. The van der Waals surface area contributed by atoms with Crippen LogP contribution in [0, 0.1) is 0 Å². The lowest BCUT2D eigenvalue weighted by Crippen LogP contribution is -2.14. The number of ether oxygens (including phenoxy) is 2. The lowest BCUT2D eigenvalue weighted by molar-refractivity contribution is 0.0375. The van der Waals surface area contributed by atoms with Crippen molar-refractivity contribution in [3.05, 3.63) is 12.7 Å². The van der Waals surface area contributed by atoms with E-state index in [2.05, 4.69) is 20.4 Å². The third-order valence-corrected chi connectivity index (χ3v) is 2.74. The molecule has 0 heterocycles. The van der Waals surface area contributed by atoms with E-state index >= 15 is 0 Å². The highest BCUT2D eigenvalue weighted by molar-refractivity contribution is 4.73. The van der Waals surface area contributed by atoms with E-state index in [1.807, 2.05) is 6.08 Å². The maximum Gasteiger partial charge on any atom is 0.0610 e. The summed E-state index contributed by atoms with van der Waals surface area (Å²) in [5, 5.41) is 0. The van der Waals surface area contributed by atoms with E-state index < -0.39 is 0 Å². The molecule has 0 saturated heterocycles. The van der Waals surface area contributed by atoms with Crippen LogP contribution in [0.15, 0.2) is 12.7 Å². The lowest BCUT2D eigenvalue weighted by Gasteiger charge is -2.16. The average molecular weight is 242 g/mol. The molecule has 0 aliphatic rings. The number of hydrogen-bond acceptors (Lipinski definition) is 2. The van der Waals surface area contributed by atoms with Gasteiger partial charge in [-0.25, -0.2) is 0 Å². The molecule has 1 unspecified atom stereocenters. The first-order chi connectivity index (χ1) is 8.35. The van der Waals surface area contributed by atoms with Crippen molar-refractivity contribution in [2.24, 2.45) is 0 Å². The second-order valence-corrected chi connectivity index (χ2v) is 4.48. The van der Waals surface area contributed by atoms with Crippen LogP contribution >= 0.6 is 0 Å². The maximum absolute atomic E-state index is 5.82. The van der Waals surface area contributed by atoms with E-state index in [-0.39, 0.29) is 0 Å². The van der Waals surface area contributed by atoms with Gasteiger partial charge in [-0.1, -0.05) is 32.8 Å². The van der Waals surface area contributed by atoms with Gasteiger partial charge in [0.1, 0.15) is 0 Å². The minimum Gasteiger partial charge on any atom is -0.381 e. The molecule has 2 nitrogen and oxygen atoms in total. The molecule has 102 valence electrons. The Kier molecular flexibility index (Phi) is 13.4.